The summed E-state index contributed by atoms with van der Waals surface area (Å²) < 4.78 is 29.1. The van der Waals surface area contributed by atoms with Crippen molar-refractivity contribution < 1.29 is 33.0 Å². The first-order valence-corrected chi connectivity index (χ1v) is 28.7. The SMILES string of the molecule is CN[P+](=S)Oc1ccc(/C=N/N(C)[P+](=S)Oc2ccc(CP(=O)(O)O)cc2)cc1.CN[P+](=S)Oc1ccc(C=N)cc1.N=Cc1ccc(O)cc1.[N-]=[N+]=NP(P)P. The zero-order valence-corrected chi connectivity index (χ0v) is 39.7. The van der Waals surface area contributed by atoms with Gasteiger partial charge in [-0.2, -0.15) is 0 Å². The third kappa shape index (κ3) is 25.3. The van der Waals surface area contributed by atoms with Crippen molar-refractivity contribution in [2.24, 2.45) is 9.99 Å². The quantitative estimate of drug-likeness (QED) is 0.0138. The summed E-state index contributed by atoms with van der Waals surface area (Å²) in [7, 11) is 1.81. The van der Waals surface area contributed by atoms with Crippen molar-refractivity contribution in [2.45, 2.75) is 6.16 Å². The molecule has 16 nitrogen and oxygen atoms in total. The number of hydrazone groups is 1. The average Bonchev–Trinajstić information content (AvgIpc) is 3.19. The minimum Gasteiger partial charge on any atom is -0.508 e. The van der Waals surface area contributed by atoms with Gasteiger partial charge in [-0.15, -0.1) is 33.1 Å². The molecule has 0 aliphatic heterocycles. The number of hydrogen-bond acceptors (Lipinski definition) is 12. The molecule has 0 spiro atoms. The Morgan fingerprint density at radius 3 is 1.58 bits per heavy atom. The van der Waals surface area contributed by atoms with E-state index in [4.69, 9.17) is 80.2 Å². The van der Waals surface area contributed by atoms with Crippen LogP contribution >= 0.6 is 54.1 Å². The topological polar surface area (TPSA) is 242 Å². The molecule has 0 aromatic heterocycles. The predicted octanol–water partition coefficient (Wildman–Crippen LogP) is 9.57. The smallest absolute Gasteiger partial charge is 0.508 e. The van der Waals surface area contributed by atoms with Gasteiger partial charge in [0.05, 0.1) is 19.4 Å². The number of phenolic OH excluding ortho intramolecular Hbond substituents is 1. The van der Waals surface area contributed by atoms with Gasteiger partial charge in [0.2, 0.25) is 35.4 Å². The van der Waals surface area contributed by atoms with Gasteiger partial charge in [0.25, 0.3) is 0 Å². The number of hydrogen-bond donors (Lipinski definition) is 7. The van der Waals surface area contributed by atoms with Crippen LogP contribution in [0.25, 0.3) is 10.4 Å². The van der Waals surface area contributed by atoms with E-state index in [1.807, 2.05) is 36.4 Å². The van der Waals surface area contributed by atoms with Crippen LogP contribution in [0.5, 0.6) is 23.0 Å². The molecule has 0 aliphatic carbocycles. The lowest BCUT2D eigenvalue weighted by molar-refractivity contribution is 0.371. The van der Waals surface area contributed by atoms with Gasteiger partial charge in [0.1, 0.15) is 5.75 Å². The lowest BCUT2D eigenvalue weighted by Gasteiger charge is -2.05. The zero-order valence-electron chi connectivity index (χ0n) is 30.5. The summed E-state index contributed by atoms with van der Waals surface area (Å²) in [4.78, 5) is 23.9. The molecule has 0 radical (unpaired) electrons. The van der Waals surface area contributed by atoms with Crippen molar-refractivity contribution in [3.63, 3.8) is 0 Å². The summed E-state index contributed by atoms with van der Waals surface area (Å²) in [5.74, 6) is 2.16. The van der Waals surface area contributed by atoms with Crippen molar-refractivity contribution in [2.75, 3.05) is 21.1 Å². The summed E-state index contributed by atoms with van der Waals surface area (Å²) in [5.41, 5.74) is 10.7. The molecule has 57 heavy (non-hydrogen) atoms. The van der Waals surface area contributed by atoms with Gasteiger partial charge >= 0.3 is 28.8 Å². The standard InChI is InChI=1S/C16H18N3O5P3S2.C8H10N2OPS.C7H7NO.H4N3P3/c1-17-25(28)23-15-7-3-13(4-8-15)11-18-19(2)26(29)24-16-9-5-14(6-10-16)12-27(20,21)22;1-10-12(13)11-8-4-2-7(6-9)3-5-8;8-5-6-1-3-7(9)4-2-6;1-2-3-6(4)5/h3-11H,12H2,1-2H3,(H-2,17,20,21,22,28);2-6,9H,1H3,(H,10,13);1-5,8-9H;4-5H2/q;+1;;/p+2/b18-11+;;;. The molecule has 0 amide bonds. The minimum absolute atomic E-state index is 0.237. The van der Waals surface area contributed by atoms with Crippen molar-refractivity contribution in [1.82, 2.24) is 15.0 Å². The number of nitrogens with one attached hydrogen (secondary N) is 4. The second-order valence-corrected chi connectivity index (χ2v) is 24.3. The lowest BCUT2D eigenvalue weighted by Crippen LogP contribution is -2.03. The Labute approximate surface area is 355 Å². The number of rotatable bonds is 16. The molecule has 0 saturated heterocycles. The van der Waals surface area contributed by atoms with E-state index in [2.05, 4.69) is 42.9 Å². The maximum Gasteiger partial charge on any atom is 0.540 e. The summed E-state index contributed by atoms with van der Waals surface area (Å²) in [6, 6.07) is 27.5. The third-order valence-corrected chi connectivity index (χ3v) is 12.6. The maximum atomic E-state index is 11.0. The molecular formula is C31H41N9O7P7S3+3. The van der Waals surface area contributed by atoms with Gasteiger partial charge in [-0.1, -0.05) is 21.8 Å². The summed E-state index contributed by atoms with van der Waals surface area (Å²) in [6.45, 7) is 0. The molecule has 4 aromatic carbocycles. The monoisotopic (exact) mass is 964 g/mol. The van der Waals surface area contributed by atoms with Crippen molar-refractivity contribution >= 4 is 108 Å². The van der Waals surface area contributed by atoms with Crippen molar-refractivity contribution in [3.05, 3.63) is 130 Å². The lowest BCUT2D eigenvalue weighted by atomic mass is 10.2. The summed E-state index contributed by atoms with van der Waals surface area (Å²) in [5, 5.41) is 32.6. The third-order valence-electron chi connectivity index (χ3n) is 5.98. The first-order chi connectivity index (χ1) is 27.0. The maximum absolute atomic E-state index is 11.0. The van der Waals surface area contributed by atoms with Gasteiger partial charge < -0.3 is 25.7 Å². The molecule has 0 saturated carbocycles. The number of benzene rings is 4. The fraction of sp³-hybridized carbons (Fsp3) is 0.129. The Morgan fingerprint density at radius 1 is 0.807 bits per heavy atom. The van der Waals surface area contributed by atoms with Gasteiger partial charge in [0.15, 0.2) is 17.2 Å². The van der Waals surface area contributed by atoms with Crippen LogP contribution in [0, 0.1) is 10.8 Å². The zero-order chi connectivity index (χ0) is 42.8. The Bertz CT molecular complexity index is 2030. The van der Waals surface area contributed by atoms with Crippen LogP contribution in [-0.2, 0) is 46.1 Å². The van der Waals surface area contributed by atoms with Crippen LogP contribution in [0.1, 0.15) is 22.3 Å². The molecule has 7 N–H and O–H groups in total. The first-order valence-electron chi connectivity index (χ1n) is 15.6. The van der Waals surface area contributed by atoms with E-state index in [0.717, 1.165) is 22.4 Å². The number of azide groups is 1. The minimum atomic E-state index is -4.10. The van der Waals surface area contributed by atoms with Crippen LogP contribution in [0.3, 0.4) is 0 Å². The molecule has 0 aliphatic rings. The second kappa shape index (κ2) is 29.3. The molecular weight excluding hydrogens is 923 g/mol. The molecule has 4 rings (SSSR count). The highest BCUT2D eigenvalue weighted by molar-refractivity contribution is 8.42. The fourth-order valence-corrected chi connectivity index (χ4v) is 6.70. The van der Waals surface area contributed by atoms with E-state index >= 15 is 0 Å². The van der Waals surface area contributed by atoms with E-state index in [1.165, 1.54) is 12.4 Å². The molecule has 302 valence electrons. The van der Waals surface area contributed by atoms with Gasteiger partial charge in [-0.25, -0.2) is 0 Å². The van der Waals surface area contributed by atoms with Gasteiger partial charge in [0, 0.05) is 38.9 Å². The van der Waals surface area contributed by atoms with Crippen LogP contribution in [-0.4, -0.2) is 59.5 Å². The highest BCUT2D eigenvalue weighted by atomic mass is 32.4. The number of nitrogens with zero attached hydrogens (tertiary/aromatic N) is 5. The largest absolute Gasteiger partial charge is 0.540 e. The van der Waals surface area contributed by atoms with Gasteiger partial charge in [-0.3, -0.25) is 18.1 Å². The van der Waals surface area contributed by atoms with E-state index in [0.29, 0.717) is 17.1 Å². The normalized spacial score (nSPS) is 11.1. The van der Waals surface area contributed by atoms with E-state index in [9.17, 15) is 4.57 Å². The molecule has 0 bridgehead atoms. The number of aromatic hydroxyl groups is 1. The molecule has 26 heteroatoms. The van der Waals surface area contributed by atoms with Crippen molar-refractivity contribution in [3.8, 4) is 23.0 Å². The summed E-state index contributed by atoms with van der Waals surface area (Å²) >= 11 is 15.4. The first kappa shape index (κ1) is 52.1. The molecule has 0 heterocycles. The van der Waals surface area contributed by atoms with Crippen molar-refractivity contribution in [1.29, 1.82) is 10.8 Å². The van der Waals surface area contributed by atoms with Crippen LogP contribution in [0.4, 0.5) is 0 Å². The summed E-state index contributed by atoms with van der Waals surface area (Å²) in [6.07, 6.45) is 3.87. The van der Waals surface area contributed by atoms with E-state index in [1.54, 1.807) is 92.8 Å². The van der Waals surface area contributed by atoms with Gasteiger partial charge in [-0.05, 0) is 113 Å². The molecule has 5 unspecified atom stereocenters. The van der Waals surface area contributed by atoms with Crippen LogP contribution < -0.4 is 23.7 Å². The molecule has 4 aromatic rings. The average molecular weight is 965 g/mol. The Kier molecular flexibility index (Phi) is 26.8. The highest BCUT2D eigenvalue weighted by Crippen LogP contribution is 2.54. The van der Waals surface area contributed by atoms with Crippen LogP contribution in [0.2, 0.25) is 0 Å². The number of phenols is 1. The Hall–Kier alpha value is -2.88. The van der Waals surface area contributed by atoms with E-state index < -0.39 is 36.3 Å². The predicted molar refractivity (Wildman–Crippen MR) is 253 cm³/mol. The highest BCUT2D eigenvalue weighted by Gasteiger charge is 2.21. The molecule has 0 fully saturated rings. The van der Waals surface area contributed by atoms with Crippen LogP contribution in [0.15, 0.2) is 107 Å². The Balaban J connectivity index is 0.000000471. The Morgan fingerprint density at radius 2 is 1.21 bits per heavy atom. The molecule has 5 atom stereocenters. The fourth-order valence-electron chi connectivity index (χ4n) is 3.37. The second-order valence-electron chi connectivity index (χ2n) is 10.3. The van der Waals surface area contributed by atoms with E-state index in [-0.39, 0.29) is 11.9 Å².